The normalized spacial score (nSPS) is 10.9. The summed E-state index contributed by atoms with van der Waals surface area (Å²) in [7, 11) is 0. The maximum atomic E-state index is 12.8. The summed E-state index contributed by atoms with van der Waals surface area (Å²) in [5.41, 5.74) is 5.36. The minimum absolute atomic E-state index is 0.185. The number of benzene rings is 2. The van der Waals surface area contributed by atoms with E-state index in [0.29, 0.717) is 23.7 Å². The van der Waals surface area contributed by atoms with Gasteiger partial charge in [-0.25, -0.2) is 0 Å². The molecule has 7 heteroatoms. The number of rotatable bonds is 7. The van der Waals surface area contributed by atoms with Crippen LogP contribution in [0, 0.1) is 27.7 Å². The highest BCUT2D eigenvalue weighted by Crippen LogP contribution is 2.23. The first kappa shape index (κ1) is 21.4. The van der Waals surface area contributed by atoms with Crippen LogP contribution in [0.15, 0.2) is 59.3 Å². The molecule has 1 amide bonds. The SMILES string of the molecule is Cc1ccc(Cn2ccc(NC(=O)c3noc(C)c3COc3cccc(C)c3C)n2)cc1. The maximum absolute atomic E-state index is 12.8. The fraction of sp³-hybridized carbons (Fsp3) is 0.240. The molecule has 1 N–H and O–H groups in total. The second-order valence-corrected chi connectivity index (χ2v) is 7.89. The van der Waals surface area contributed by atoms with E-state index in [0.717, 1.165) is 22.4 Å². The predicted molar refractivity (Wildman–Crippen MR) is 122 cm³/mol. The van der Waals surface area contributed by atoms with Gasteiger partial charge in [0, 0.05) is 12.3 Å². The van der Waals surface area contributed by atoms with Gasteiger partial charge in [-0.05, 0) is 50.5 Å². The molecule has 164 valence electrons. The quantitative estimate of drug-likeness (QED) is 0.447. The number of hydrogen-bond donors (Lipinski definition) is 1. The van der Waals surface area contributed by atoms with Crippen molar-refractivity contribution in [1.82, 2.24) is 14.9 Å². The minimum Gasteiger partial charge on any atom is -0.488 e. The molecular formula is C25H26N4O3. The summed E-state index contributed by atoms with van der Waals surface area (Å²) in [6, 6.07) is 15.9. The second kappa shape index (κ2) is 9.09. The van der Waals surface area contributed by atoms with Gasteiger partial charge in [0.1, 0.15) is 18.1 Å². The van der Waals surface area contributed by atoms with Crippen LogP contribution in [-0.4, -0.2) is 20.8 Å². The first-order chi connectivity index (χ1) is 15.4. The van der Waals surface area contributed by atoms with Gasteiger partial charge in [0.2, 0.25) is 0 Å². The van der Waals surface area contributed by atoms with E-state index < -0.39 is 0 Å². The van der Waals surface area contributed by atoms with Crippen LogP contribution >= 0.6 is 0 Å². The van der Waals surface area contributed by atoms with Gasteiger partial charge >= 0.3 is 0 Å². The molecule has 0 unspecified atom stereocenters. The molecule has 0 aliphatic rings. The topological polar surface area (TPSA) is 82.2 Å². The van der Waals surface area contributed by atoms with Gasteiger partial charge in [0.15, 0.2) is 11.5 Å². The van der Waals surface area contributed by atoms with Gasteiger partial charge in [-0.15, -0.1) is 0 Å². The number of nitrogens with one attached hydrogen (secondary N) is 1. The summed E-state index contributed by atoms with van der Waals surface area (Å²) in [5.74, 6) is 1.38. The van der Waals surface area contributed by atoms with Crippen molar-refractivity contribution in [3.05, 3.63) is 94.0 Å². The van der Waals surface area contributed by atoms with Crippen LogP contribution in [0.4, 0.5) is 5.82 Å². The number of carbonyl (C=O) groups is 1. The highest BCUT2D eigenvalue weighted by molar-refractivity contribution is 6.03. The average molecular weight is 431 g/mol. The van der Waals surface area contributed by atoms with E-state index >= 15 is 0 Å². The van der Waals surface area contributed by atoms with Crippen molar-refractivity contribution < 1.29 is 14.1 Å². The highest BCUT2D eigenvalue weighted by atomic mass is 16.5. The lowest BCUT2D eigenvalue weighted by Crippen LogP contribution is -2.16. The van der Waals surface area contributed by atoms with Crippen LogP contribution in [0.5, 0.6) is 5.75 Å². The van der Waals surface area contributed by atoms with Gasteiger partial charge < -0.3 is 14.6 Å². The summed E-state index contributed by atoms with van der Waals surface area (Å²) in [4.78, 5) is 12.8. The standard InChI is InChI=1S/C25H26N4O3/c1-16-8-10-20(11-9-16)14-29-13-12-23(27-29)26-25(30)24-21(19(4)32-28-24)15-31-22-7-5-6-17(2)18(22)3/h5-13H,14-15H2,1-4H3,(H,26,27,30). The molecule has 32 heavy (non-hydrogen) atoms. The van der Waals surface area contributed by atoms with Crippen molar-refractivity contribution >= 4 is 11.7 Å². The van der Waals surface area contributed by atoms with Gasteiger partial charge in [0.05, 0.1) is 12.1 Å². The molecule has 7 nitrogen and oxygen atoms in total. The van der Waals surface area contributed by atoms with Crippen LogP contribution < -0.4 is 10.1 Å². The van der Waals surface area contributed by atoms with Crippen LogP contribution in [0.1, 0.15) is 44.1 Å². The first-order valence-corrected chi connectivity index (χ1v) is 10.4. The number of hydrogen-bond acceptors (Lipinski definition) is 5. The molecule has 0 fully saturated rings. The molecule has 0 bridgehead atoms. The number of carbonyl (C=O) groups excluding carboxylic acids is 1. The van der Waals surface area contributed by atoms with Crippen molar-refractivity contribution in [3.8, 4) is 5.75 Å². The molecule has 0 spiro atoms. The Balaban J connectivity index is 1.43. The Morgan fingerprint density at radius 3 is 2.62 bits per heavy atom. The molecule has 2 aromatic carbocycles. The molecule has 0 atom stereocenters. The molecule has 0 saturated heterocycles. The molecule has 0 radical (unpaired) electrons. The average Bonchev–Trinajstić information content (AvgIpc) is 3.37. The van der Waals surface area contributed by atoms with Crippen molar-refractivity contribution in [1.29, 1.82) is 0 Å². The zero-order chi connectivity index (χ0) is 22.7. The molecule has 0 aliphatic heterocycles. The Hall–Kier alpha value is -3.87. The summed E-state index contributed by atoms with van der Waals surface area (Å²) in [6.07, 6.45) is 1.83. The number of aryl methyl sites for hydroxylation is 3. The lowest BCUT2D eigenvalue weighted by Gasteiger charge is -2.11. The molecule has 4 aromatic rings. The Morgan fingerprint density at radius 1 is 1.06 bits per heavy atom. The largest absolute Gasteiger partial charge is 0.488 e. The van der Waals surface area contributed by atoms with Gasteiger partial charge in [-0.1, -0.05) is 47.1 Å². The smallest absolute Gasteiger partial charge is 0.279 e. The van der Waals surface area contributed by atoms with E-state index in [1.807, 2.05) is 38.2 Å². The van der Waals surface area contributed by atoms with Crippen LogP contribution in [0.2, 0.25) is 0 Å². The fourth-order valence-electron chi connectivity index (χ4n) is 3.34. The van der Waals surface area contributed by atoms with E-state index in [1.165, 1.54) is 5.56 Å². The van der Waals surface area contributed by atoms with Gasteiger partial charge in [-0.2, -0.15) is 5.10 Å². The van der Waals surface area contributed by atoms with Crippen LogP contribution in [0.3, 0.4) is 0 Å². The molecule has 2 heterocycles. The monoisotopic (exact) mass is 430 g/mol. The summed E-state index contributed by atoms with van der Waals surface area (Å²) >= 11 is 0. The van der Waals surface area contributed by atoms with E-state index in [4.69, 9.17) is 9.26 Å². The third kappa shape index (κ3) is 4.72. The first-order valence-electron chi connectivity index (χ1n) is 10.4. The summed E-state index contributed by atoms with van der Waals surface area (Å²) in [6.45, 7) is 8.66. The molecular weight excluding hydrogens is 404 g/mol. The number of nitrogens with zero attached hydrogens (tertiary/aromatic N) is 3. The number of amides is 1. The fourth-order valence-corrected chi connectivity index (χ4v) is 3.34. The Bertz CT molecular complexity index is 1240. The summed E-state index contributed by atoms with van der Waals surface area (Å²) in [5, 5.41) is 11.2. The lowest BCUT2D eigenvalue weighted by molar-refractivity contribution is 0.101. The van der Waals surface area contributed by atoms with Crippen molar-refractivity contribution in [2.45, 2.75) is 40.8 Å². The van der Waals surface area contributed by atoms with Crippen LogP contribution in [0.25, 0.3) is 0 Å². The number of aromatic nitrogens is 3. The molecule has 0 saturated carbocycles. The third-order valence-corrected chi connectivity index (χ3v) is 5.47. The van der Waals surface area contributed by atoms with Crippen molar-refractivity contribution in [2.24, 2.45) is 0 Å². The molecule has 4 rings (SSSR count). The Morgan fingerprint density at radius 2 is 1.84 bits per heavy atom. The van der Waals surface area contributed by atoms with Crippen molar-refractivity contribution in [3.63, 3.8) is 0 Å². The Kier molecular flexibility index (Phi) is 6.07. The lowest BCUT2D eigenvalue weighted by atomic mass is 10.1. The molecule has 2 aromatic heterocycles. The molecule has 0 aliphatic carbocycles. The van der Waals surface area contributed by atoms with E-state index in [2.05, 4.69) is 46.8 Å². The number of ether oxygens (including phenoxy) is 1. The highest BCUT2D eigenvalue weighted by Gasteiger charge is 2.21. The van der Waals surface area contributed by atoms with E-state index in [9.17, 15) is 4.79 Å². The summed E-state index contributed by atoms with van der Waals surface area (Å²) < 4.78 is 13.0. The van der Waals surface area contributed by atoms with Crippen molar-refractivity contribution in [2.75, 3.05) is 5.32 Å². The van der Waals surface area contributed by atoms with E-state index in [-0.39, 0.29) is 18.2 Å². The predicted octanol–water partition coefficient (Wildman–Crippen LogP) is 4.98. The maximum Gasteiger partial charge on any atom is 0.279 e. The third-order valence-electron chi connectivity index (χ3n) is 5.47. The number of anilines is 1. The Labute approximate surface area is 187 Å². The van der Waals surface area contributed by atoms with Gasteiger partial charge in [0.25, 0.3) is 5.91 Å². The van der Waals surface area contributed by atoms with Crippen LogP contribution in [-0.2, 0) is 13.2 Å². The second-order valence-electron chi connectivity index (χ2n) is 7.89. The zero-order valence-corrected chi connectivity index (χ0v) is 18.7. The minimum atomic E-state index is -0.387. The van der Waals surface area contributed by atoms with Gasteiger partial charge in [-0.3, -0.25) is 9.48 Å². The van der Waals surface area contributed by atoms with E-state index in [1.54, 1.807) is 17.7 Å². The zero-order valence-electron chi connectivity index (χ0n) is 18.7.